The first-order valence-corrected chi connectivity index (χ1v) is 12.3. The highest BCUT2D eigenvalue weighted by Crippen LogP contribution is 2.15. The lowest BCUT2D eigenvalue weighted by Gasteiger charge is -2.05. The van der Waals surface area contributed by atoms with Crippen molar-refractivity contribution in [2.75, 3.05) is 0 Å². The zero-order chi connectivity index (χ0) is 28.9. The average molecular weight is 549 g/mol. The van der Waals surface area contributed by atoms with E-state index in [0.29, 0.717) is 33.8 Å². The van der Waals surface area contributed by atoms with Crippen molar-refractivity contribution in [1.82, 2.24) is 10.9 Å². The Labute approximate surface area is 235 Å². The van der Waals surface area contributed by atoms with E-state index in [2.05, 4.69) is 21.1 Å². The molecule has 4 aromatic carbocycles. The van der Waals surface area contributed by atoms with Crippen LogP contribution in [0, 0.1) is 0 Å². The van der Waals surface area contributed by atoms with Crippen molar-refractivity contribution in [3.63, 3.8) is 0 Å². The summed E-state index contributed by atoms with van der Waals surface area (Å²) >= 11 is 0. The summed E-state index contributed by atoms with van der Waals surface area (Å²) in [6, 6.07) is 30.3. The van der Waals surface area contributed by atoms with E-state index in [9.17, 15) is 19.2 Å². The number of carbonyl (C=O) groups is 4. The number of amides is 2. The molecule has 2 amide bonds. The van der Waals surface area contributed by atoms with Crippen LogP contribution in [0.4, 0.5) is 0 Å². The number of hydrogen-bond donors (Lipinski definition) is 2. The van der Waals surface area contributed by atoms with E-state index in [1.165, 1.54) is 12.4 Å². The second-order valence-electron chi connectivity index (χ2n) is 8.42. The number of carbonyl (C=O) groups excluding carboxylic acids is 4. The van der Waals surface area contributed by atoms with E-state index in [4.69, 9.17) is 9.47 Å². The Morgan fingerprint density at radius 3 is 1.39 bits per heavy atom. The van der Waals surface area contributed by atoms with Crippen molar-refractivity contribution in [2.24, 2.45) is 10.2 Å². The van der Waals surface area contributed by atoms with Gasteiger partial charge in [-0.1, -0.05) is 60.7 Å². The largest absolute Gasteiger partial charge is 0.423 e. The van der Waals surface area contributed by atoms with Gasteiger partial charge in [0.15, 0.2) is 0 Å². The zero-order valence-corrected chi connectivity index (χ0v) is 21.6. The second kappa shape index (κ2) is 14.3. The Balaban J connectivity index is 1.21. The third-order valence-corrected chi connectivity index (χ3v) is 5.28. The molecule has 0 aliphatic carbocycles. The molecule has 0 heterocycles. The van der Waals surface area contributed by atoms with E-state index in [1.54, 1.807) is 109 Å². The lowest BCUT2D eigenvalue weighted by atomic mass is 10.2. The highest BCUT2D eigenvalue weighted by molar-refractivity contribution is 5.97. The molecule has 4 rings (SSSR count). The lowest BCUT2D eigenvalue weighted by Crippen LogP contribution is -2.27. The first-order chi connectivity index (χ1) is 20.0. The van der Waals surface area contributed by atoms with E-state index in [0.717, 1.165) is 0 Å². The number of hydrogen-bond acceptors (Lipinski definition) is 8. The van der Waals surface area contributed by atoms with E-state index in [-0.39, 0.29) is 0 Å². The smallest absolute Gasteiger partial charge is 0.343 e. The third kappa shape index (κ3) is 9.11. The first-order valence-electron chi connectivity index (χ1n) is 12.3. The summed E-state index contributed by atoms with van der Waals surface area (Å²) in [6.07, 6.45) is 2.19. The zero-order valence-electron chi connectivity index (χ0n) is 21.6. The van der Waals surface area contributed by atoms with Crippen LogP contribution in [0.25, 0.3) is 0 Å². The molecule has 0 atom stereocenters. The van der Waals surface area contributed by atoms with Crippen molar-refractivity contribution < 1.29 is 28.7 Å². The van der Waals surface area contributed by atoms with Gasteiger partial charge in [-0.15, -0.1) is 0 Å². The van der Waals surface area contributed by atoms with Crippen LogP contribution in [0.15, 0.2) is 119 Å². The molecule has 0 aliphatic heterocycles. The average Bonchev–Trinajstić information content (AvgIpc) is 2.98. The Morgan fingerprint density at radius 1 is 0.561 bits per heavy atom. The van der Waals surface area contributed by atoms with Gasteiger partial charge in [0.1, 0.15) is 17.9 Å². The number of benzene rings is 4. The molecule has 4 aromatic rings. The molecule has 0 unspecified atom stereocenters. The van der Waals surface area contributed by atoms with Gasteiger partial charge in [0.25, 0.3) is 0 Å². The number of nitrogens with one attached hydrogen (secondary N) is 2. The van der Waals surface area contributed by atoms with Crippen molar-refractivity contribution in [3.05, 3.63) is 131 Å². The summed E-state index contributed by atoms with van der Waals surface area (Å²) in [6.45, 7) is 0. The monoisotopic (exact) mass is 548 g/mol. The fraction of sp³-hybridized carbons (Fsp3) is 0.0323. The van der Waals surface area contributed by atoms with Gasteiger partial charge < -0.3 is 9.47 Å². The highest BCUT2D eigenvalue weighted by Gasteiger charge is 2.10. The summed E-state index contributed by atoms with van der Waals surface area (Å²) in [5, 5.41) is 7.66. The molecule has 0 spiro atoms. The molecule has 41 heavy (non-hydrogen) atoms. The van der Waals surface area contributed by atoms with Crippen LogP contribution in [-0.2, 0) is 9.59 Å². The Hall–Kier alpha value is -5.90. The van der Waals surface area contributed by atoms with Crippen molar-refractivity contribution in [3.8, 4) is 11.5 Å². The summed E-state index contributed by atoms with van der Waals surface area (Å²) in [7, 11) is 0. The number of rotatable bonds is 10. The summed E-state index contributed by atoms with van der Waals surface area (Å²) in [5.74, 6) is -1.69. The van der Waals surface area contributed by atoms with E-state index in [1.807, 2.05) is 0 Å². The van der Waals surface area contributed by atoms with Gasteiger partial charge in [-0.05, 0) is 59.7 Å². The van der Waals surface area contributed by atoms with Gasteiger partial charge in [0.05, 0.1) is 23.6 Å². The topological polar surface area (TPSA) is 136 Å². The van der Waals surface area contributed by atoms with Crippen LogP contribution in [-0.4, -0.2) is 36.2 Å². The van der Waals surface area contributed by atoms with Crippen molar-refractivity contribution >= 4 is 36.2 Å². The maximum atomic E-state index is 12.2. The van der Waals surface area contributed by atoms with Crippen LogP contribution < -0.4 is 20.3 Å². The molecule has 0 saturated carbocycles. The number of ether oxygens (including phenoxy) is 2. The maximum absolute atomic E-state index is 12.2. The Morgan fingerprint density at radius 2 is 0.976 bits per heavy atom. The first kappa shape index (κ1) is 28.1. The molecule has 2 N–H and O–H groups in total. The van der Waals surface area contributed by atoms with Crippen LogP contribution in [0.3, 0.4) is 0 Å². The standard InChI is InChI=1S/C31H24N4O6/c36-28(34-32-20-22-9-7-15-26(17-22)40-30(38)24-11-3-1-4-12-24)19-29(37)35-33-21-23-10-8-16-27(18-23)41-31(39)25-13-5-2-6-14-25/h1-18,20-21H,19H2,(H,34,36)(H,35,37). The highest BCUT2D eigenvalue weighted by atomic mass is 16.5. The SMILES string of the molecule is O=C(CC(=O)NN=Cc1cccc(OC(=O)c2ccccc2)c1)NN=Cc1cccc(OC(=O)c2ccccc2)c1. The molecule has 0 aliphatic rings. The number of nitrogens with zero attached hydrogens (tertiary/aromatic N) is 2. The van der Waals surface area contributed by atoms with Crippen LogP contribution in [0.2, 0.25) is 0 Å². The van der Waals surface area contributed by atoms with Crippen LogP contribution in [0.1, 0.15) is 38.3 Å². The van der Waals surface area contributed by atoms with Crippen LogP contribution in [0.5, 0.6) is 11.5 Å². The van der Waals surface area contributed by atoms with Crippen molar-refractivity contribution in [1.29, 1.82) is 0 Å². The molecular weight excluding hydrogens is 524 g/mol. The minimum atomic E-state index is -0.657. The molecule has 0 fully saturated rings. The summed E-state index contributed by atoms with van der Waals surface area (Å²) in [4.78, 5) is 48.5. The van der Waals surface area contributed by atoms with Gasteiger partial charge in [0, 0.05) is 0 Å². The second-order valence-corrected chi connectivity index (χ2v) is 8.42. The fourth-order valence-corrected chi connectivity index (χ4v) is 3.38. The Bertz CT molecular complexity index is 1470. The molecule has 10 nitrogen and oxygen atoms in total. The molecule has 204 valence electrons. The molecular formula is C31H24N4O6. The molecule has 0 radical (unpaired) electrons. The Kier molecular flexibility index (Phi) is 9.81. The third-order valence-electron chi connectivity index (χ3n) is 5.28. The molecule has 10 heteroatoms. The van der Waals surface area contributed by atoms with Crippen LogP contribution >= 0.6 is 0 Å². The molecule has 0 aromatic heterocycles. The summed E-state index contributed by atoms with van der Waals surface area (Å²) in [5.41, 5.74) is 6.47. The fourth-order valence-electron chi connectivity index (χ4n) is 3.38. The minimum Gasteiger partial charge on any atom is -0.423 e. The lowest BCUT2D eigenvalue weighted by molar-refractivity contribution is -0.129. The predicted octanol–water partition coefficient (Wildman–Crippen LogP) is 4.12. The predicted molar refractivity (Wildman–Crippen MR) is 152 cm³/mol. The number of esters is 2. The normalized spacial score (nSPS) is 10.7. The summed E-state index contributed by atoms with van der Waals surface area (Å²) < 4.78 is 10.7. The van der Waals surface area contributed by atoms with Crippen molar-refractivity contribution in [2.45, 2.75) is 6.42 Å². The van der Waals surface area contributed by atoms with Gasteiger partial charge in [-0.25, -0.2) is 20.4 Å². The van der Waals surface area contributed by atoms with Gasteiger partial charge in [-0.3, -0.25) is 9.59 Å². The van der Waals surface area contributed by atoms with Gasteiger partial charge in [0.2, 0.25) is 11.8 Å². The molecule has 0 bridgehead atoms. The van der Waals surface area contributed by atoms with E-state index < -0.39 is 30.2 Å². The number of hydrazone groups is 2. The quantitative estimate of drug-likeness (QED) is 0.101. The maximum Gasteiger partial charge on any atom is 0.343 e. The van der Waals surface area contributed by atoms with Gasteiger partial charge in [-0.2, -0.15) is 10.2 Å². The minimum absolute atomic E-state index is 0.311. The van der Waals surface area contributed by atoms with Gasteiger partial charge >= 0.3 is 11.9 Å². The van der Waals surface area contributed by atoms with E-state index >= 15 is 0 Å². The molecule has 0 saturated heterocycles.